The van der Waals surface area contributed by atoms with Crippen LogP contribution in [-0.4, -0.2) is 34.6 Å². The van der Waals surface area contributed by atoms with Crippen molar-refractivity contribution in [3.63, 3.8) is 0 Å². The zero-order chi connectivity index (χ0) is 17.8. The highest BCUT2D eigenvalue weighted by atomic mass is 19.1. The number of halogens is 1. The SMILES string of the molecule is Fc1cccc(Nc2cc(-c3cccnc3)nc(C3CNCCO3)n2)c1. The second kappa shape index (κ2) is 7.55. The molecule has 1 saturated heterocycles. The van der Waals surface area contributed by atoms with Gasteiger partial charge in [0.05, 0.1) is 12.3 Å². The average Bonchev–Trinajstić information content (AvgIpc) is 2.69. The molecule has 0 saturated carbocycles. The Labute approximate surface area is 150 Å². The van der Waals surface area contributed by atoms with Crippen LogP contribution in [0.1, 0.15) is 11.9 Å². The van der Waals surface area contributed by atoms with Crippen molar-refractivity contribution in [1.29, 1.82) is 0 Å². The summed E-state index contributed by atoms with van der Waals surface area (Å²) in [6.07, 6.45) is 3.23. The number of benzene rings is 1. The van der Waals surface area contributed by atoms with Crippen LogP contribution >= 0.6 is 0 Å². The molecule has 132 valence electrons. The highest BCUT2D eigenvalue weighted by Gasteiger charge is 2.20. The lowest BCUT2D eigenvalue weighted by Gasteiger charge is -2.23. The van der Waals surface area contributed by atoms with Gasteiger partial charge in [0.15, 0.2) is 5.82 Å². The Bertz CT molecular complexity index is 884. The van der Waals surface area contributed by atoms with Crippen LogP contribution < -0.4 is 10.6 Å². The Kier molecular flexibility index (Phi) is 4.81. The largest absolute Gasteiger partial charge is 0.368 e. The maximum Gasteiger partial charge on any atom is 0.161 e. The van der Waals surface area contributed by atoms with Crippen molar-refractivity contribution in [2.75, 3.05) is 25.0 Å². The molecule has 3 aromatic rings. The number of nitrogens with one attached hydrogen (secondary N) is 2. The van der Waals surface area contributed by atoms with E-state index in [1.165, 1.54) is 12.1 Å². The van der Waals surface area contributed by atoms with E-state index in [0.717, 1.165) is 17.8 Å². The number of hydrogen-bond donors (Lipinski definition) is 2. The lowest BCUT2D eigenvalue weighted by atomic mass is 10.2. The lowest BCUT2D eigenvalue weighted by Crippen LogP contribution is -2.34. The molecule has 1 atom stereocenters. The molecule has 3 heterocycles. The number of nitrogens with zero attached hydrogens (tertiary/aromatic N) is 3. The van der Waals surface area contributed by atoms with Crippen molar-refractivity contribution < 1.29 is 9.13 Å². The van der Waals surface area contributed by atoms with Crippen molar-refractivity contribution in [3.05, 3.63) is 66.5 Å². The van der Waals surface area contributed by atoms with Crippen LogP contribution in [0.15, 0.2) is 54.9 Å². The van der Waals surface area contributed by atoms with Crippen molar-refractivity contribution in [2.45, 2.75) is 6.10 Å². The van der Waals surface area contributed by atoms with Gasteiger partial charge in [-0.3, -0.25) is 4.98 Å². The van der Waals surface area contributed by atoms with E-state index in [9.17, 15) is 4.39 Å². The normalized spacial score (nSPS) is 17.0. The fourth-order valence-electron chi connectivity index (χ4n) is 2.78. The molecule has 1 aromatic carbocycles. The van der Waals surface area contributed by atoms with E-state index >= 15 is 0 Å². The summed E-state index contributed by atoms with van der Waals surface area (Å²) < 4.78 is 19.3. The maximum atomic E-state index is 13.5. The Balaban J connectivity index is 1.72. The molecule has 1 aliphatic heterocycles. The van der Waals surface area contributed by atoms with Gasteiger partial charge in [-0.05, 0) is 30.3 Å². The van der Waals surface area contributed by atoms with Gasteiger partial charge < -0.3 is 15.4 Å². The molecule has 0 bridgehead atoms. The van der Waals surface area contributed by atoms with Crippen molar-refractivity contribution in [2.24, 2.45) is 0 Å². The van der Waals surface area contributed by atoms with Gasteiger partial charge in [-0.25, -0.2) is 14.4 Å². The predicted octanol–water partition coefficient (Wildman–Crippen LogP) is 3.08. The number of aromatic nitrogens is 3. The average molecular weight is 351 g/mol. The van der Waals surface area contributed by atoms with Crippen LogP contribution in [0.25, 0.3) is 11.3 Å². The first-order valence-corrected chi connectivity index (χ1v) is 8.42. The number of morpholine rings is 1. The zero-order valence-corrected chi connectivity index (χ0v) is 14.0. The Morgan fingerprint density at radius 3 is 2.88 bits per heavy atom. The summed E-state index contributed by atoms with van der Waals surface area (Å²) in [5, 5.41) is 6.43. The van der Waals surface area contributed by atoms with Gasteiger partial charge in [0.1, 0.15) is 17.7 Å². The molecular weight excluding hydrogens is 333 g/mol. The Hall–Kier alpha value is -2.90. The van der Waals surface area contributed by atoms with E-state index in [2.05, 4.69) is 25.6 Å². The highest BCUT2D eigenvalue weighted by Crippen LogP contribution is 2.25. The highest BCUT2D eigenvalue weighted by molar-refractivity contribution is 5.65. The third kappa shape index (κ3) is 3.84. The Morgan fingerprint density at radius 2 is 2.12 bits per heavy atom. The summed E-state index contributed by atoms with van der Waals surface area (Å²) in [5.41, 5.74) is 2.23. The number of anilines is 2. The Morgan fingerprint density at radius 1 is 1.15 bits per heavy atom. The van der Waals surface area contributed by atoms with E-state index in [1.54, 1.807) is 24.5 Å². The van der Waals surface area contributed by atoms with Crippen molar-refractivity contribution >= 4 is 11.5 Å². The smallest absolute Gasteiger partial charge is 0.161 e. The quantitative estimate of drug-likeness (QED) is 0.753. The molecule has 6 nitrogen and oxygen atoms in total. The molecule has 0 amide bonds. The van der Waals surface area contributed by atoms with Gasteiger partial charge in [-0.1, -0.05) is 6.07 Å². The lowest BCUT2D eigenvalue weighted by molar-refractivity contribution is 0.0223. The number of rotatable bonds is 4. The van der Waals surface area contributed by atoms with Crippen LogP contribution in [0.4, 0.5) is 15.9 Å². The maximum absolute atomic E-state index is 13.5. The van der Waals surface area contributed by atoms with Crippen molar-refractivity contribution in [3.8, 4) is 11.3 Å². The van der Waals surface area contributed by atoms with Crippen LogP contribution in [-0.2, 0) is 4.74 Å². The summed E-state index contributed by atoms with van der Waals surface area (Å²) >= 11 is 0. The van der Waals surface area contributed by atoms with E-state index in [1.807, 2.05) is 18.2 Å². The monoisotopic (exact) mass is 351 g/mol. The third-order valence-electron chi connectivity index (χ3n) is 4.01. The molecule has 4 rings (SSSR count). The van der Waals surface area contributed by atoms with Gasteiger partial charge in [0.25, 0.3) is 0 Å². The molecule has 7 heteroatoms. The first-order chi connectivity index (χ1) is 12.8. The third-order valence-corrected chi connectivity index (χ3v) is 4.01. The topological polar surface area (TPSA) is 72.0 Å². The molecule has 26 heavy (non-hydrogen) atoms. The summed E-state index contributed by atoms with van der Waals surface area (Å²) in [6.45, 7) is 2.07. The molecule has 1 aliphatic rings. The molecule has 1 unspecified atom stereocenters. The van der Waals surface area contributed by atoms with Crippen LogP contribution in [0.2, 0.25) is 0 Å². The van der Waals surface area contributed by atoms with E-state index in [0.29, 0.717) is 30.5 Å². The van der Waals surface area contributed by atoms with E-state index < -0.39 is 0 Å². The van der Waals surface area contributed by atoms with Crippen LogP contribution in [0, 0.1) is 5.82 Å². The number of pyridine rings is 1. The van der Waals surface area contributed by atoms with Crippen molar-refractivity contribution in [1.82, 2.24) is 20.3 Å². The molecule has 2 N–H and O–H groups in total. The molecule has 0 radical (unpaired) electrons. The van der Waals surface area contributed by atoms with Gasteiger partial charge >= 0.3 is 0 Å². The van der Waals surface area contributed by atoms with Gasteiger partial charge in [0.2, 0.25) is 0 Å². The minimum Gasteiger partial charge on any atom is -0.368 e. The number of hydrogen-bond acceptors (Lipinski definition) is 6. The second-order valence-electron chi connectivity index (χ2n) is 5.94. The van der Waals surface area contributed by atoms with Crippen LogP contribution in [0.5, 0.6) is 0 Å². The zero-order valence-electron chi connectivity index (χ0n) is 14.0. The summed E-state index contributed by atoms with van der Waals surface area (Å²) in [4.78, 5) is 13.4. The summed E-state index contributed by atoms with van der Waals surface area (Å²) in [7, 11) is 0. The van der Waals surface area contributed by atoms with E-state index in [-0.39, 0.29) is 11.9 Å². The molecule has 0 spiro atoms. The molecular formula is C19H18FN5O. The minimum absolute atomic E-state index is 0.228. The standard InChI is InChI=1S/C19H18FN5O/c20-14-4-1-5-15(9-14)23-18-10-16(13-3-2-6-21-11-13)24-19(25-18)17-12-22-7-8-26-17/h1-6,9-11,17,22H,7-8,12H2,(H,23,24,25). The predicted molar refractivity (Wildman–Crippen MR) is 96.5 cm³/mol. The molecule has 2 aromatic heterocycles. The fourth-order valence-corrected chi connectivity index (χ4v) is 2.78. The first-order valence-electron chi connectivity index (χ1n) is 8.42. The summed E-state index contributed by atoms with van der Waals surface area (Å²) in [6, 6.07) is 11.9. The van der Waals surface area contributed by atoms with Gasteiger partial charge in [-0.2, -0.15) is 0 Å². The molecule has 0 aliphatic carbocycles. The minimum atomic E-state index is -0.309. The van der Waals surface area contributed by atoms with Gasteiger partial charge in [-0.15, -0.1) is 0 Å². The molecule has 1 fully saturated rings. The van der Waals surface area contributed by atoms with Crippen LogP contribution in [0.3, 0.4) is 0 Å². The van der Waals surface area contributed by atoms with E-state index in [4.69, 9.17) is 4.74 Å². The fraction of sp³-hybridized carbons (Fsp3) is 0.211. The summed E-state index contributed by atoms with van der Waals surface area (Å²) in [5.74, 6) is 0.850. The first kappa shape index (κ1) is 16.6. The number of ether oxygens (including phenoxy) is 1. The van der Waals surface area contributed by atoms with Gasteiger partial charge in [0, 0.05) is 42.8 Å². The second-order valence-corrected chi connectivity index (χ2v) is 5.94.